The number of pyridine rings is 1. The predicted molar refractivity (Wildman–Crippen MR) is 104 cm³/mol. The molecule has 0 N–H and O–H groups in total. The third-order valence-electron chi connectivity index (χ3n) is 4.18. The van der Waals surface area contributed by atoms with Gasteiger partial charge in [-0.05, 0) is 0 Å². The van der Waals surface area contributed by atoms with Crippen LogP contribution in [-0.2, 0) is 20.1 Å². The van der Waals surface area contributed by atoms with Crippen molar-refractivity contribution in [2.45, 2.75) is 17.3 Å². The molecule has 0 aliphatic heterocycles. The maximum absolute atomic E-state index is 4.68. The van der Waals surface area contributed by atoms with Crippen molar-refractivity contribution in [3.05, 3.63) is 60.8 Å². The Balaban J connectivity index is 0.00000169. The zero-order valence-electron chi connectivity index (χ0n) is 13.9. The summed E-state index contributed by atoms with van der Waals surface area (Å²) in [4.78, 5) is 4.68. The van der Waals surface area contributed by atoms with Crippen LogP contribution in [-0.4, -0.2) is 18.3 Å². The van der Waals surface area contributed by atoms with Gasteiger partial charge in [0.05, 0.1) is 0 Å². The predicted octanol–water partition coefficient (Wildman–Crippen LogP) is 5.46. The molecule has 1 nitrogen and oxygen atoms in total. The van der Waals surface area contributed by atoms with Crippen molar-refractivity contribution in [2.24, 2.45) is 0 Å². The fourth-order valence-corrected chi connectivity index (χ4v) is 8.99. The average Bonchev–Trinajstić information content (AvgIpc) is 2.92. The fourth-order valence-electron chi connectivity index (χ4n) is 2.98. The van der Waals surface area contributed by atoms with Crippen LogP contribution >= 0.6 is 11.3 Å². The van der Waals surface area contributed by atoms with E-state index in [0.29, 0.717) is 0 Å². The molecular formula is C20H18GeIrNS-. The van der Waals surface area contributed by atoms with E-state index in [0.717, 1.165) is 11.3 Å². The smallest absolute Gasteiger partial charge is 0 e. The fraction of sp³-hybridized carbons (Fsp3) is 0.150. The van der Waals surface area contributed by atoms with E-state index in [-0.39, 0.29) is 20.1 Å². The van der Waals surface area contributed by atoms with E-state index in [9.17, 15) is 0 Å². The van der Waals surface area contributed by atoms with Crippen LogP contribution in [0.15, 0.2) is 54.7 Å². The second kappa shape index (κ2) is 6.72. The first-order valence-electron chi connectivity index (χ1n) is 7.83. The molecule has 2 heterocycles. The molecule has 1 radical (unpaired) electrons. The third kappa shape index (κ3) is 3.11. The van der Waals surface area contributed by atoms with Crippen LogP contribution in [0.4, 0.5) is 0 Å². The molecule has 0 atom stereocenters. The van der Waals surface area contributed by atoms with E-state index in [1.54, 1.807) is 4.40 Å². The Morgan fingerprint density at radius 2 is 1.83 bits per heavy atom. The van der Waals surface area contributed by atoms with Crippen molar-refractivity contribution >= 4 is 49.2 Å². The van der Waals surface area contributed by atoms with Gasteiger partial charge in [-0.25, -0.2) is 0 Å². The summed E-state index contributed by atoms with van der Waals surface area (Å²) < 4.78 is 4.38. The molecule has 0 saturated carbocycles. The monoisotopic (exact) mass is 571 g/mol. The minimum atomic E-state index is -1.88. The summed E-state index contributed by atoms with van der Waals surface area (Å²) in [6, 6.07) is 20.3. The van der Waals surface area contributed by atoms with Crippen molar-refractivity contribution in [3.8, 4) is 11.3 Å². The third-order valence-corrected chi connectivity index (χ3v) is 10.0. The summed E-state index contributed by atoms with van der Waals surface area (Å²) in [7, 11) is 0. The van der Waals surface area contributed by atoms with Gasteiger partial charge in [0, 0.05) is 20.1 Å². The van der Waals surface area contributed by atoms with E-state index < -0.39 is 13.3 Å². The van der Waals surface area contributed by atoms with Crippen LogP contribution in [0, 0.1) is 6.07 Å². The standard InChI is InChI=1S/C20H18GeNS.Ir/c1-21(2,3)17-11-7-10-15-16-13-22-18(12-19(16)23-20(15)17)14-8-5-4-6-9-14;/h4-8,10-13H,1-3H3;/q-1;. The molecule has 0 spiro atoms. The molecule has 24 heavy (non-hydrogen) atoms. The summed E-state index contributed by atoms with van der Waals surface area (Å²) in [5.74, 6) is 7.38. The molecule has 123 valence electrons. The van der Waals surface area contributed by atoms with Gasteiger partial charge in [-0.2, -0.15) is 0 Å². The normalized spacial score (nSPS) is 11.6. The van der Waals surface area contributed by atoms with Crippen molar-refractivity contribution in [3.63, 3.8) is 0 Å². The largest absolute Gasteiger partial charge is 0 e. The molecule has 0 fully saturated rings. The number of fused-ring (bicyclic) bond motifs is 3. The number of rotatable bonds is 2. The molecule has 0 amide bonds. The Morgan fingerprint density at radius 1 is 1.00 bits per heavy atom. The topological polar surface area (TPSA) is 12.9 Å². The van der Waals surface area contributed by atoms with E-state index in [4.69, 9.17) is 0 Å². The number of thiophene rings is 1. The summed E-state index contributed by atoms with van der Waals surface area (Å²) >= 11 is 0.0387. The van der Waals surface area contributed by atoms with Crippen LogP contribution in [0.1, 0.15) is 0 Å². The zero-order chi connectivity index (χ0) is 16.0. The van der Waals surface area contributed by atoms with Gasteiger partial charge in [-0.1, -0.05) is 0 Å². The molecule has 0 aliphatic carbocycles. The van der Waals surface area contributed by atoms with Crippen molar-refractivity contribution in [1.29, 1.82) is 0 Å². The SMILES string of the molecule is [CH3][Ge]([CH3])([CH3])[c]1cccc2c1sc1cc(-c3[c-]cccc3)ncc12.[Ir]. The van der Waals surface area contributed by atoms with Gasteiger partial charge in [0.25, 0.3) is 0 Å². The number of hydrogen-bond donors (Lipinski definition) is 0. The first kappa shape index (κ1) is 17.8. The maximum atomic E-state index is 4.68. The molecule has 4 rings (SSSR count). The van der Waals surface area contributed by atoms with E-state index in [2.05, 4.69) is 58.7 Å². The van der Waals surface area contributed by atoms with Crippen LogP contribution in [0.25, 0.3) is 31.4 Å². The van der Waals surface area contributed by atoms with Crippen molar-refractivity contribution in [2.75, 3.05) is 0 Å². The van der Waals surface area contributed by atoms with Gasteiger partial charge in [0.15, 0.2) is 0 Å². The van der Waals surface area contributed by atoms with Gasteiger partial charge in [0.2, 0.25) is 0 Å². The van der Waals surface area contributed by atoms with Gasteiger partial charge >= 0.3 is 143 Å². The summed E-state index contributed by atoms with van der Waals surface area (Å²) in [5, 5.41) is 2.64. The van der Waals surface area contributed by atoms with Crippen molar-refractivity contribution < 1.29 is 20.1 Å². The summed E-state index contributed by atoms with van der Waals surface area (Å²) in [6.07, 6.45) is 2.03. The van der Waals surface area contributed by atoms with E-state index >= 15 is 0 Å². The Morgan fingerprint density at radius 3 is 2.54 bits per heavy atom. The molecule has 0 saturated heterocycles. The first-order valence-corrected chi connectivity index (χ1v) is 16.0. The second-order valence-corrected chi connectivity index (χ2v) is 18.5. The Bertz CT molecular complexity index is 1000. The molecule has 0 bridgehead atoms. The molecule has 2 aromatic carbocycles. The number of hydrogen-bond acceptors (Lipinski definition) is 2. The Hall–Kier alpha value is -0.998. The van der Waals surface area contributed by atoms with Crippen LogP contribution in [0.3, 0.4) is 0 Å². The summed E-state index contributed by atoms with van der Waals surface area (Å²) in [6.45, 7) is 0. The van der Waals surface area contributed by atoms with Crippen molar-refractivity contribution in [1.82, 2.24) is 4.98 Å². The maximum Gasteiger partial charge on any atom is 0 e. The number of aromatic nitrogens is 1. The Kier molecular flexibility index (Phi) is 4.99. The molecule has 4 heteroatoms. The van der Waals surface area contributed by atoms with Gasteiger partial charge in [0.1, 0.15) is 0 Å². The molecular weight excluding hydrogens is 551 g/mol. The molecule has 0 unspecified atom stereocenters. The number of nitrogens with zero attached hydrogens (tertiary/aromatic N) is 1. The van der Waals surface area contributed by atoms with E-state index in [1.165, 1.54) is 20.2 Å². The molecule has 4 aromatic rings. The minimum Gasteiger partial charge on any atom is 0 e. The average molecular weight is 569 g/mol. The Labute approximate surface area is 162 Å². The second-order valence-electron chi connectivity index (χ2n) is 6.88. The van der Waals surface area contributed by atoms with Gasteiger partial charge < -0.3 is 0 Å². The van der Waals surface area contributed by atoms with Crippen LogP contribution < -0.4 is 4.40 Å². The van der Waals surface area contributed by atoms with E-state index in [1.807, 2.05) is 35.7 Å². The van der Waals surface area contributed by atoms with Gasteiger partial charge in [-0.15, -0.1) is 0 Å². The zero-order valence-corrected chi connectivity index (χ0v) is 19.2. The van der Waals surface area contributed by atoms with Gasteiger partial charge in [-0.3, -0.25) is 0 Å². The first-order chi connectivity index (χ1) is 11.0. The molecule has 2 aromatic heterocycles. The van der Waals surface area contributed by atoms with Crippen LogP contribution in [0.2, 0.25) is 17.3 Å². The quantitative estimate of drug-likeness (QED) is 0.231. The van der Waals surface area contributed by atoms with Crippen LogP contribution in [0.5, 0.6) is 0 Å². The minimum absolute atomic E-state index is 0. The summed E-state index contributed by atoms with van der Waals surface area (Å²) in [5.41, 5.74) is 2.06. The number of benzene rings is 2. The molecule has 0 aliphatic rings.